The molecule has 3 aliphatic rings. The first-order valence-electron chi connectivity index (χ1n) is 24.5. The van der Waals surface area contributed by atoms with Crippen molar-refractivity contribution < 1.29 is 33.9 Å². The van der Waals surface area contributed by atoms with E-state index in [9.17, 15) is 38.7 Å². The SMILES string of the molecule is C=CCn1c(=O)c2cnc(Nc3ccc(N4CCN(CCCC(=O)NCCCCCC(=O)NCCNc5cccc6c5C(=O)N(C5CCC(=O)NC5=O)C6=O)CC4)cc3)nc2n1-c1cccc(C(C)(C)O)n1. The Bertz CT molecular complexity index is 2920. The first kappa shape index (κ1) is 50.6. The zero-order valence-electron chi connectivity index (χ0n) is 40.6. The second kappa shape index (κ2) is 22.5. The van der Waals surface area contributed by atoms with Crippen LogP contribution >= 0.6 is 0 Å². The van der Waals surface area contributed by atoms with E-state index in [4.69, 9.17) is 4.98 Å². The van der Waals surface area contributed by atoms with Crippen LogP contribution in [-0.2, 0) is 31.3 Å². The Morgan fingerprint density at radius 2 is 1.58 bits per heavy atom. The fourth-order valence-electron chi connectivity index (χ4n) is 9.12. The van der Waals surface area contributed by atoms with Crippen molar-refractivity contribution in [3.63, 3.8) is 0 Å². The van der Waals surface area contributed by atoms with Crippen molar-refractivity contribution in [2.45, 2.75) is 83.4 Å². The van der Waals surface area contributed by atoms with Crippen LogP contribution in [0.5, 0.6) is 0 Å². The summed E-state index contributed by atoms with van der Waals surface area (Å²) in [6, 6.07) is 17.1. The highest BCUT2D eigenvalue weighted by atomic mass is 16.3. The van der Waals surface area contributed by atoms with E-state index in [0.717, 1.165) is 68.3 Å². The molecule has 0 radical (unpaired) electrons. The molecule has 2 aromatic carbocycles. The predicted molar refractivity (Wildman–Crippen MR) is 270 cm³/mol. The summed E-state index contributed by atoms with van der Waals surface area (Å²) in [6.07, 6.45) is 7.00. The molecule has 1 unspecified atom stereocenters. The second-order valence-corrected chi connectivity index (χ2v) is 18.6. The van der Waals surface area contributed by atoms with E-state index in [0.29, 0.717) is 73.1 Å². The van der Waals surface area contributed by atoms with E-state index in [1.807, 2.05) is 12.1 Å². The number of nitrogens with zero attached hydrogens (tertiary/aromatic N) is 8. The van der Waals surface area contributed by atoms with Crippen LogP contribution in [0, 0.1) is 0 Å². The van der Waals surface area contributed by atoms with Crippen LogP contribution in [0.3, 0.4) is 0 Å². The van der Waals surface area contributed by atoms with Crippen molar-refractivity contribution in [3.8, 4) is 5.82 Å². The Kier molecular flexibility index (Phi) is 15.8. The molecule has 0 saturated carbocycles. The monoisotopic (exact) mass is 983 g/mol. The van der Waals surface area contributed by atoms with E-state index in [1.165, 1.54) is 16.9 Å². The number of aromatic nitrogens is 5. The minimum Gasteiger partial charge on any atom is -0.384 e. The summed E-state index contributed by atoms with van der Waals surface area (Å²) >= 11 is 0. The minimum atomic E-state index is -1.19. The summed E-state index contributed by atoms with van der Waals surface area (Å²) in [7, 11) is 0. The lowest BCUT2D eigenvalue weighted by Gasteiger charge is -2.36. The number of unbranched alkanes of at least 4 members (excludes halogenated alkanes) is 2. The first-order chi connectivity index (χ1) is 34.7. The average molecular weight is 984 g/mol. The fraction of sp³-hybridized carbons (Fsp3) is 0.412. The molecule has 6 N–H and O–H groups in total. The van der Waals surface area contributed by atoms with Crippen molar-refractivity contribution >= 4 is 69.5 Å². The number of aliphatic hydroxyl groups is 1. The maximum absolute atomic E-state index is 13.4. The molecule has 1 atom stereocenters. The minimum absolute atomic E-state index is 0.0196. The van der Waals surface area contributed by atoms with Gasteiger partial charge in [0.25, 0.3) is 17.4 Å². The molecule has 3 aromatic heterocycles. The van der Waals surface area contributed by atoms with Crippen LogP contribution in [-0.4, -0.2) is 133 Å². The van der Waals surface area contributed by atoms with Gasteiger partial charge in [-0.1, -0.05) is 24.6 Å². The zero-order chi connectivity index (χ0) is 50.9. The number of allylic oxidation sites excluding steroid dienone is 1. The van der Waals surface area contributed by atoms with Gasteiger partial charge in [-0.05, 0) is 94.6 Å². The smallest absolute Gasteiger partial charge is 0.278 e. The molecule has 2 saturated heterocycles. The van der Waals surface area contributed by atoms with E-state index in [-0.39, 0.29) is 47.9 Å². The Morgan fingerprint density at radius 3 is 2.32 bits per heavy atom. The molecule has 3 aliphatic heterocycles. The van der Waals surface area contributed by atoms with Crippen LogP contribution in [0.2, 0.25) is 0 Å². The van der Waals surface area contributed by atoms with E-state index >= 15 is 0 Å². The molecule has 21 nitrogen and oxygen atoms in total. The number of pyridine rings is 1. The normalized spacial score (nSPS) is 16.2. The van der Waals surface area contributed by atoms with Crippen LogP contribution < -0.4 is 37.0 Å². The number of piperidine rings is 1. The third-order valence-corrected chi connectivity index (χ3v) is 12.9. The third kappa shape index (κ3) is 11.7. The van der Waals surface area contributed by atoms with Crippen molar-refractivity contribution in [2.24, 2.45) is 0 Å². The molecule has 0 bridgehead atoms. The van der Waals surface area contributed by atoms with Gasteiger partial charge in [-0.3, -0.25) is 48.7 Å². The number of hydrogen-bond acceptors (Lipinski definition) is 15. The number of rotatable bonds is 22. The van der Waals surface area contributed by atoms with Crippen molar-refractivity contribution in [3.05, 3.63) is 107 Å². The van der Waals surface area contributed by atoms with Gasteiger partial charge in [0.15, 0.2) is 11.5 Å². The highest BCUT2D eigenvalue weighted by Crippen LogP contribution is 2.32. The average Bonchev–Trinajstić information content (AvgIpc) is 3.78. The van der Waals surface area contributed by atoms with Gasteiger partial charge in [-0.25, -0.2) is 19.3 Å². The summed E-state index contributed by atoms with van der Waals surface area (Å²) in [4.78, 5) is 108. The lowest BCUT2D eigenvalue weighted by molar-refractivity contribution is -0.136. The summed E-state index contributed by atoms with van der Waals surface area (Å²) in [6.45, 7) is 12.8. The highest BCUT2D eigenvalue weighted by Gasteiger charge is 2.45. The van der Waals surface area contributed by atoms with Gasteiger partial charge < -0.3 is 31.3 Å². The van der Waals surface area contributed by atoms with Gasteiger partial charge in [0.05, 0.1) is 23.4 Å². The molecular weight excluding hydrogens is 923 g/mol. The maximum atomic E-state index is 13.4. The highest BCUT2D eigenvalue weighted by molar-refractivity contribution is 6.25. The molecule has 0 aliphatic carbocycles. The van der Waals surface area contributed by atoms with Gasteiger partial charge >= 0.3 is 0 Å². The molecular formula is C51H61N13O8. The molecule has 378 valence electrons. The number of carbonyl (C=O) groups is 6. The molecule has 6 amide bonds. The van der Waals surface area contributed by atoms with E-state index in [2.05, 4.69) is 65.1 Å². The Balaban J connectivity index is 0.689. The van der Waals surface area contributed by atoms with Gasteiger partial charge in [-0.2, -0.15) is 4.98 Å². The summed E-state index contributed by atoms with van der Waals surface area (Å²) < 4.78 is 3.11. The van der Waals surface area contributed by atoms with Gasteiger partial charge in [-0.15, -0.1) is 6.58 Å². The molecule has 5 aromatic rings. The first-order valence-corrected chi connectivity index (χ1v) is 24.5. The lowest BCUT2D eigenvalue weighted by atomic mass is 10.0. The van der Waals surface area contributed by atoms with Crippen LogP contribution in [0.4, 0.5) is 23.0 Å². The third-order valence-electron chi connectivity index (χ3n) is 12.9. The van der Waals surface area contributed by atoms with Crippen LogP contribution in [0.25, 0.3) is 16.9 Å². The van der Waals surface area contributed by atoms with Gasteiger partial charge in [0.1, 0.15) is 17.0 Å². The Morgan fingerprint density at radius 1 is 0.847 bits per heavy atom. The molecule has 0 spiro atoms. The van der Waals surface area contributed by atoms with Crippen molar-refractivity contribution in [1.82, 2.24) is 50.1 Å². The molecule has 2 fully saturated rings. The fourth-order valence-corrected chi connectivity index (χ4v) is 9.12. The number of anilines is 4. The largest absolute Gasteiger partial charge is 0.384 e. The number of nitrogens with one attached hydrogen (secondary N) is 5. The van der Waals surface area contributed by atoms with Gasteiger partial charge in [0, 0.05) is 88.3 Å². The van der Waals surface area contributed by atoms with Crippen LogP contribution in [0.1, 0.15) is 91.6 Å². The number of imide groups is 2. The quantitative estimate of drug-likeness (QED) is 0.0330. The Hall–Kier alpha value is -7.78. The van der Waals surface area contributed by atoms with Crippen molar-refractivity contribution in [2.75, 3.05) is 67.9 Å². The molecule has 6 heterocycles. The van der Waals surface area contributed by atoms with Crippen LogP contribution in [0.15, 0.2) is 84.3 Å². The zero-order valence-corrected chi connectivity index (χ0v) is 40.6. The van der Waals surface area contributed by atoms with E-state index in [1.54, 1.807) is 54.9 Å². The number of fused-ring (bicyclic) bond motifs is 2. The standard InChI is InChI=1S/C51H61N13O8/c1-4-26-62-47(69)36-32-55-50(59-45(36)64(62)40-14-9-13-39(57-40)51(2,3)72)56-33-17-19-34(20-18-33)61-30-28-60(29-31-61)27-10-16-42(66)53-23-7-5-6-15-41(65)54-25-24-52-37-12-8-11-35-44(37)49(71)63(48(35)70)38-21-22-43(67)58-46(38)68/h4,8-9,11-14,17-20,32,38,52,72H,1,5-7,10,15-16,21-31H2,2-3H3,(H,53,66)(H,54,65)(H,55,56,59)(H,58,67,68). The molecule has 21 heteroatoms. The number of amides is 6. The summed E-state index contributed by atoms with van der Waals surface area (Å²) in [5.41, 5.74) is 1.99. The molecule has 8 rings (SSSR count). The summed E-state index contributed by atoms with van der Waals surface area (Å²) in [5.74, 6) is -1.64. The maximum Gasteiger partial charge on any atom is 0.278 e. The predicted octanol–water partition coefficient (Wildman–Crippen LogP) is 3.34. The number of benzene rings is 2. The lowest BCUT2D eigenvalue weighted by Crippen LogP contribution is -2.54. The van der Waals surface area contributed by atoms with Gasteiger partial charge in [0.2, 0.25) is 29.6 Å². The number of piperazine rings is 1. The van der Waals surface area contributed by atoms with E-state index < -0.39 is 35.3 Å². The number of hydrogen-bond donors (Lipinski definition) is 6. The topological polar surface area (TPSA) is 258 Å². The molecule has 72 heavy (non-hydrogen) atoms. The number of carbonyl (C=O) groups excluding carboxylic acids is 6. The Labute approximate surface area is 416 Å². The summed E-state index contributed by atoms with van der Waals surface area (Å²) in [5, 5.41) is 25.4. The second-order valence-electron chi connectivity index (χ2n) is 18.6. The van der Waals surface area contributed by atoms with Crippen molar-refractivity contribution in [1.29, 1.82) is 0 Å².